The van der Waals surface area contributed by atoms with Crippen molar-refractivity contribution in [2.45, 2.75) is 11.5 Å². The molecule has 32 heavy (non-hydrogen) atoms. The van der Waals surface area contributed by atoms with Gasteiger partial charge < -0.3 is 0 Å². The molecule has 1 aliphatic heterocycles. The van der Waals surface area contributed by atoms with E-state index in [0.29, 0.717) is 11.3 Å². The van der Waals surface area contributed by atoms with Gasteiger partial charge in [-0.15, -0.1) is 5.10 Å². The average Bonchev–Trinajstić information content (AvgIpc) is 3.34. The lowest BCUT2D eigenvalue weighted by Crippen LogP contribution is -2.40. The highest BCUT2D eigenvalue weighted by molar-refractivity contribution is 6.06. The molecule has 0 N–H and O–H groups in total. The fourth-order valence-electron chi connectivity index (χ4n) is 4.43. The van der Waals surface area contributed by atoms with Crippen molar-refractivity contribution in [2.75, 3.05) is 0 Å². The predicted octanol–water partition coefficient (Wildman–Crippen LogP) is 6.86. The molecule has 0 aliphatic carbocycles. The third-order valence-corrected chi connectivity index (χ3v) is 5.84. The molecule has 0 spiro atoms. The standard InChI is InChI=1S/C27H19F2N3/c28-23-17-16-19(18-24(23)29)25-26(31-32-30-25)27(20-10-4-1-5-11-20,21-12-6-2-7-13-21)22-14-8-3-9-15-22/h1-18,25H. The zero-order chi connectivity index (χ0) is 22.0. The van der Waals surface area contributed by atoms with Gasteiger partial charge in [-0.05, 0) is 39.6 Å². The third-order valence-electron chi connectivity index (χ3n) is 5.84. The first kappa shape index (κ1) is 19.9. The van der Waals surface area contributed by atoms with Gasteiger partial charge in [0.1, 0.15) is 6.04 Å². The van der Waals surface area contributed by atoms with Gasteiger partial charge in [-0.25, -0.2) is 8.78 Å². The fraction of sp³-hybridized carbons (Fsp3) is 0.0741. The highest BCUT2D eigenvalue weighted by atomic mass is 19.2. The molecule has 1 heterocycles. The van der Waals surface area contributed by atoms with E-state index in [9.17, 15) is 8.78 Å². The summed E-state index contributed by atoms with van der Waals surface area (Å²) in [5, 5.41) is 12.9. The number of benzene rings is 4. The number of nitrogens with zero attached hydrogens (tertiary/aromatic N) is 3. The number of rotatable bonds is 5. The Bertz CT molecular complexity index is 1190. The molecule has 1 unspecified atom stereocenters. The second-order valence-corrected chi connectivity index (χ2v) is 7.61. The van der Waals surface area contributed by atoms with Gasteiger partial charge in [0.2, 0.25) is 0 Å². The molecule has 0 aromatic heterocycles. The Balaban J connectivity index is 1.81. The molecule has 0 saturated carbocycles. The van der Waals surface area contributed by atoms with Crippen LogP contribution in [0.1, 0.15) is 28.3 Å². The fourth-order valence-corrected chi connectivity index (χ4v) is 4.43. The van der Waals surface area contributed by atoms with Crippen molar-refractivity contribution >= 4 is 5.71 Å². The molecular weight excluding hydrogens is 404 g/mol. The smallest absolute Gasteiger partial charge is 0.159 e. The van der Waals surface area contributed by atoms with Crippen LogP contribution in [-0.2, 0) is 5.41 Å². The number of hydrogen-bond donors (Lipinski definition) is 0. The van der Waals surface area contributed by atoms with E-state index in [1.807, 2.05) is 91.0 Å². The summed E-state index contributed by atoms with van der Waals surface area (Å²) in [6, 6.07) is 33.2. The topological polar surface area (TPSA) is 37.1 Å². The largest absolute Gasteiger partial charge is 0.204 e. The molecule has 0 amide bonds. The van der Waals surface area contributed by atoms with E-state index >= 15 is 0 Å². The molecule has 0 saturated heterocycles. The first-order valence-electron chi connectivity index (χ1n) is 10.3. The minimum absolute atomic E-state index is 0.496. The predicted molar refractivity (Wildman–Crippen MR) is 121 cm³/mol. The minimum Gasteiger partial charge on any atom is -0.204 e. The van der Waals surface area contributed by atoms with E-state index in [0.717, 1.165) is 22.8 Å². The number of hydrogen-bond acceptors (Lipinski definition) is 3. The van der Waals surface area contributed by atoms with Crippen LogP contribution in [0.25, 0.3) is 0 Å². The summed E-state index contributed by atoms with van der Waals surface area (Å²) in [6.45, 7) is 0. The first-order valence-corrected chi connectivity index (χ1v) is 10.3. The quantitative estimate of drug-likeness (QED) is 0.314. The Morgan fingerprint density at radius 2 is 1.09 bits per heavy atom. The van der Waals surface area contributed by atoms with Crippen molar-refractivity contribution in [1.29, 1.82) is 0 Å². The van der Waals surface area contributed by atoms with Crippen LogP contribution in [0.15, 0.2) is 125 Å². The van der Waals surface area contributed by atoms with Gasteiger partial charge >= 0.3 is 0 Å². The molecule has 5 heteroatoms. The third kappa shape index (κ3) is 3.23. The highest BCUT2D eigenvalue weighted by Crippen LogP contribution is 2.46. The van der Waals surface area contributed by atoms with Crippen molar-refractivity contribution in [3.05, 3.63) is 143 Å². The van der Waals surface area contributed by atoms with Crippen molar-refractivity contribution in [3.63, 3.8) is 0 Å². The van der Waals surface area contributed by atoms with E-state index in [1.54, 1.807) is 0 Å². The van der Waals surface area contributed by atoms with Crippen molar-refractivity contribution in [1.82, 2.24) is 0 Å². The molecule has 0 bridgehead atoms. The van der Waals surface area contributed by atoms with E-state index in [4.69, 9.17) is 0 Å². The van der Waals surface area contributed by atoms with Crippen LogP contribution in [0.5, 0.6) is 0 Å². The summed E-state index contributed by atoms with van der Waals surface area (Å²) in [5.74, 6) is -1.82. The van der Waals surface area contributed by atoms with Crippen LogP contribution in [-0.4, -0.2) is 5.71 Å². The SMILES string of the molecule is Fc1ccc(C2N=NN=C2C(c2ccccc2)(c2ccccc2)c2ccccc2)cc1F. The molecule has 4 aromatic carbocycles. The van der Waals surface area contributed by atoms with Gasteiger partial charge in [0.05, 0.1) is 11.1 Å². The Morgan fingerprint density at radius 3 is 1.56 bits per heavy atom. The average molecular weight is 423 g/mol. The van der Waals surface area contributed by atoms with Gasteiger partial charge in [-0.1, -0.05) is 97.1 Å². The molecule has 5 rings (SSSR count). The number of halogens is 2. The molecular formula is C27H19F2N3. The first-order chi connectivity index (χ1) is 15.7. The summed E-state index contributed by atoms with van der Waals surface area (Å²) in [7, 11) is 0. The lowest BCUT2D eigenvalue weighted by molar-refractivity contribution is 0.506. The van der Waals surface area contributed by atoms with Gasteiger partial charge in [0, 0.05) is 0 Å². The monoisotopic (exact) mass is 423 g/mol. The Kier molecular flexibility index (Phi) is 5.15. The Hall–Kier alpha value is -3.99. The summed E-state index contributed by atoms with van der Waals surface area (Å²) in [6.07, 6.45) is 0. The molecule has 1 atom stereocenters. The van der Waals surface area contributed by atoms with Gasteiger partial charge in [-0.3, -0.25) is 0 Å². The van der Waals surface area contributed by atoms with Gasteiger partial charge in [-0.2, -0.15) is 5.11 Å². The van der Waals surface area contributed by atoms with Crippen LogP contribution in [0, 0.1) is 11.6 Å². The maximum Gasteiger partial charge on any atom is 0.159 e. The summed E-state index contributed by atoms with van der Waals surface area (Å²) < 4.78 is 27.8. The van der Waals surface area contributed by atoms with Crippen LogP contribution in [0.2, 0.25) is 0 Å². The second kappa shape index (κ2) is 8.27. The van der Waals surface area contributed by atoms with Crippen molar-refractivity contribution < 1.29 is 8.78 Å². The summed E-state index contributed by atoms with van der Waals surface area (Å²) >= 11 is 0. The summed E-state index contributed by atoms with van der Waals surface area (Å²) in [5.41, 5.74) is 3.24. The molecule has 3 nitrogen and oxygen atoms in total. The van der Waals surface area contributed by atoms with E-state index in [2.05, 4.69) is 15.4 Å². The molecule has 156 valence electrons. The molecule has 0 radical (unpaired) electrons. The molecule has 4 aromatic rings. The second-order valence-electron chi connectivity index (χ2n) is 7.61. The van der Waals surface area contributed by atoms with Crippen LogP contribution in [0.3, 0.4) is 0 Å². The van der Waals surface area contributed by atoms with Crippen LogP contribution in [0.4, 0.5) is 8.78 Å². The van der Waals surface area contributed by atoms with Crippen molar-refractivity contribution in [2.24, 2.45) is 15.4 Å². The van der Waals surface area contributed by atoms with E-state index < -0.39 is 23.1 Å². The zero-order valence-electron chi connectivity index (χ0n) is 17.1. The molecule has 1 aliphatic rings. The maximum atomic E-state index is 14.1. The van der Waals surface area contributed by atoms with Crippen LogP contribution < -0.4 is 0 Å². The van der Waals surface area contributed by atoms with E-state index in [1.165, 1.54) is 12.1 Å². The lowest BCUT2D eigenvalue weighted by Gasteiger charge is -2.37. The van der Waals surface area contributed by atoms with Gasteiger partial charge in [0.25, 0.3) is 0 Å². The highest BCUT2D eigenvalue weighted by Gasteiger charge is 2.47. The van der Waals surface area contributed by atoms with Crippen molar-refractivity contribution in [3.8, 4) is 0 Å². The zero-order valence-corrected chi connectivity index (χ0v) is 17.1. The normalized spacial score (nSPS) is 15.6. The lowest BCUT2D eigenvalue weighted by atomic mass is 9.64. The van der Waals surface area contributed by atoms with E-state index in [-0.39, 0.29) is 0 Å². The Morgan fingerprint density at radius 1 is 0.594 bits per heavy atom. The molecule has 0 fully saturated rings. The Labute approximate surface area is 184 Å². The summed E-state index contributed by atoms with van der Waals surface area (Å²) in [4.78, 5) is 0. The maximum absolute atomic E-state index is 14.1. The van der Waals surface area contributed by atoms with Crippen LogP contribution >= 0.6 is 0 Å². The van der Waals surface area contributed by atoms with Gasteiger partial charge in [0.15, 0.2) is 11.6 Å². The minimum atomic E-state index is -0.923.